The Balaban J connectivity index is 0.00000162. The fourth-order valence-corrected chi connectivity index (χ4v) is 2.17. The molecule has 0 saturated heterocycles. The average Bonchev–Trinajstić information content (AvgIpc) is 2.21. The van der Waals surface area contributed by atoms with Gasteiger partial charge < -0.3 is 17.7 Å². The summed E-state index contributed by atoms with van der Waals surface area (Å²) in [6.07, 6.45) is 0.506. The minimum atomic E-state index is -4.63. The monoisotopic (exact) mass is 282 g/mol. The fraction of sp³-hybridized carbons (Fsp3) is 0.500. The van der Waals surface area contributed by atoms with Crippen molar-refractivity contribution in [2.24, 2.45) is 5.92 Å². The van der Waals surface area contributed by atoms with Crippen molar-refractivity contribution in [3.05, 3.63) is 35.9 Å². The zero-order chi connectivity index (χ0) is 12.3. The quantitative estimate of drug-likeness (QED) is 0.727. The van der Waals surface area contributed by atoms with Crippen molar-refractivity contribution in [2.75, 3.05) is 0 Å². The van der Waals surface area contributed by atoms with Gasteiger partial charge in [0.25, 0.3) is 0 Å². The normalized spacial score (nSPS) is 23.1. The van der Waals surface area contributed by atoms with Crippen molar-refractivity contribution in [1.82, 2.24) is 0 Å². The molecule has 0 atom stereocenters. The molecule has 1 saturated carbocycles. The molecule has 0 spiro atoms. The first-order chi connectivity index (χ1) is 8.03. The topological polar surface area (TPSA) is 9.23 Å². The van der Waals surface area contributed by atoms with Crippen molar-refractivity contribution in [3.8, 4) is 0 Å². The van der Waals surface area contributed by atoms with Crippen LogP contribution in [0.15, 0.2) is 30.3 Å². The summed E-state index contributed by atoms with van der Waals surface area (Å²) in [6, 6.07) is 9.68. The minimum Gasteiger partial charge on any atom is -0.449 e. The predicted octanol–water partition coefficient (Wildman–Crippen LogP) is 0.833. The van der Waals surface area contributed by atoms with E-state index in [0.717, 1.165) is 5.56 Å². The van der Waals surface area contributed by atoms with Crippen LogP contribution in [-0.2, 0) is 11.3 Å². The van der Waals surface area contributed by atoms with E-state index in [-0.39, 0.29) is 63.4 Å². The van der Waals surface area contributed by atoms with Gasteiger partial charge in [-0.15, -0.1) is 0 Å². The third kappa shape index (κ3) is 5.76. The first-order valence-corrected chi connectivity index (χ1v) is 5.89. The van der Waals surface area contributed by atoms with Gasteiger partial charge in [0.2, 0.25) is 0 Å². The zero-order valence-electron chi connectivity index (χ0n) is 10.5. The molecule has 0 heterocycles. The Morgan fingerprint density at radius 1 is 1.11 bits per heavy atom. The summed E-state index contributed by atoms with van der Waals surface area (Å²) in [4.78, 5) is 0. The van der Waals surface area contributed by atoms with Crippen LogP contribution >= 0.6 is 0 Å². The van der Waals surface area contributed by atoms with Crippen molar-refractivity contribution in [2.45, 2.75) is 31.9 Å². The molecule has 0 unspecified atom stereocenters. The van der Waals surface area contributed by atoms with Crippen molar-refractivity contribution in [3.63, 3.8) is 0 Å². The Morgan fingerprint density at radius 3 is 2.28 bits per heavy atom. The van der Waals surface area contributed by atoms with E-state index in [1.807, 2.05) is 30.3 Å². The maximum Gasteiger partial charge on any atom is 1.00 e. The van der Waals surface area contributed by atoms with E-state index < -0.39 is 13.3 Å². The van der Waals surface area contributed by atoms with E-state index in [1.165, 1.54) is 0 Å². The summed E-state index contributed by atoms with van der Waals surface area (Å²) in [5, 5.41) is 0. The Labute approximate surface area is 148 Å². The van der Waals surface area contributed by atoms with E-state index in [4.69, 9.17) is 4.74 Å². The molecule has 0 bridgehead atoms. The molecule has 0 aliphatic heterocycles. The van der Waals surface area contributed by atoms with Gasteiger partial charge >= 0.3 is 58.4 Å². The number of rotatable bonds is 5. The van der Waals surface area contributed by atoms with E-state index in [9.17, 15) is 12.9 Å². The fourth-order valence-electron chi connectivity index (χ4n) is 2.17. The number of hydrogen-bond acceptors (Lipinski definition) is 1. The standard InChI is InChI=1S/C12H15BF3O.K/c14-13(15,16)8-11-6-12(7-11)17-9-10-4-2-1-3-5-10;/h1-5,11-12H,6-9H2;/q-1;+1. The second-order valence-corrected chi connectivity index (χ2v) is 4.70. The van der Waals surface area contributed by atoms with E-state index in [1.54, 1.807) is 0 Å². The Morgan fingerprint density at radius 2 is 1.72 bits per heavy atom. The van der Waals surface area contributed by atoms with Crippen molar-refractivity contribution in [1.29, 1.82) is 0 Å². The van der Waals surface area contributed by atoms with Crippen LogP contribution in [-0.4, -0.2) is 13.1 Å². The van der Waals surface area contributed by atoms with Crippen LogP contribution in [0.4, 0.5) is 12.9 Å². The summed E-state index contributed by atoms with van der Waals surface area (Å²) in [5.74, 6) is -0.212. The van der Waals surface area contributed by atoms with Crippen LogP contribution in [0.5, 0.6) is 0 Å². The minimum absolute atomic E-state index is 0. The SMILES string of the molecule is F[B-](F)(F)CC1CC(OCc2ccccc2)C1.[K+]. The first-order valence-electron chi connectivity index (χ1n) is 5.89. The third-order valence-electron chi connectivity index (χ3n) is 3.12. The molecular weight excluding hydrogens is 267 g/mol. The maximum absolute atomic E-state index is 12.1. The van der Waals surface area contributed by atoms with Crippen LogP contribution in [0.25, 0.3) is 0 Å². The molecule has 1 aliphatic rings. The van der Waals surface area contributed by atoms with Crippen LogP contribution in [0.3, 0.4) is 0 Å². The predicted molar refractivity (Wildman–Crippen MR) is 61.6 cm³/mol. The molecule has 1 nitrogen and oxygen atoms in total. The van der Waals surface area contributed by atoms with Gasteiger partial charge in [-0.25, -0.2) is 0 Å². The van der Waals surface area contributed by atoms with Gasteiger partial charge in [-0.3, -0.25) is 0 Å². The van der Waals surface area contributed by atoms with Gasteiger partial charge in [-0.2, -0.15) is 0 Å². The van der Waals surface area contributed by atoms with Crippen LogP contribution < -0.4 is 51.4 Å². The molecular formula is C12H15BF3KO. The van der Waals surface area contributed by atoms with Gasteiger partial charge in [0, 0.05) is 0 Å². The summed E-state index contributed by atoms with van der Waals surface area (Å²) in [7, 11) is 0. The number of halogens is 3. The molecule has 1 aromatic rings. The van der Waals surface area contributed by atoms with Crippen LogP contribution in [0, 0.1) is 5.92 Å². The van der Waals surface area contributed by atoms with Crippen LogP contribution in [0.2, 0.25) is 6.32 Å². The number of benzene rings is 1. The van der Waals surface area contributed by atoms with Gasteiger partial charge in [0.15, 0.2) is 0 Å². The smallest absolute Gasteiger partial charge is 0.449 e. The molecule has 0 N–H and O–H groups in total. The van der Waals surface area contributed by atoms with E-state index >= 15 is 0 Å². The number of hydrogen-bond donors (Lipinski definition) is 0. The Hall–Kier alpha value is 0.671. The molecule has 0 aromatic heterocycles. The van der Waals surface area contributed by atoms with Gasteiger partial charge in [0.05, 0.1) is 12.7 Å². The van der Waals surface area contributed by atoms with Crippen molar-refractivity contribution < 1.29 is 69.1 Å². The van der Waals surface area contributed by atoms with Crippen LogP contribution in [0.1, 0.15) is 18.4 Å². The molecule has 1 fully saturated rings. The molecule has 2 rings (SSSR count). The summed E-state index contributed by atoms with van der Waals surface area (Å²) in [6.45, 7) is -4.14. The maximum atomic E-state index is 12.1. The van der Waals surface area contributed by atoms with Crippen molar-refractivity contribution >= 4 is 6.98 Å². The molecule has 0 amide bonds. The van der Waals surface area contributed by atoms with E-state index in [2.05, 4.69) is 0 Å². The molecule has 1 aliphatic carbocycles. The zero-order valence-corrected chi connectivity index (χ0v) is 13.6. The third-order valence-corrected chi connectivity index (χ3v) is 3.12. The molecule has 1 aromatic carbocycles. The summed E-state index contributed by atoms with van der Waals surface area (Å²) < 4.78 is 41.9. The largest absolute Gasteiger partial charge is 1.00 e. The Bertz CT molecular complexity index is 352. The first kappa shape index (κ1) is 16.7. The van der Waals surface area contributed by atoms with Gasteiger partial charge in [-0.05, 0) is 18.4 Å². The molecule has 6 heteroatoms. The van der Waals surface area contributed by atoms with Gasteiger partial charge in [-0.1, -0.05) is 42.6 Å². The second-order valence-electron chi connectivity index (χ2n) is 4.70. The molecule has 94 valence electrons. The second kappa shape index (κ2) is 7.45. The Kier molecular flexibility index (Phi) is 6.92. The van der Waals surface area contributed by atoms with E-state index in [0.29, 0.717) is 19.4 Å². The average molecular weight is 282 g/mol. The summed E-state index contributed by atoms with van der Waals surface area (Å²) in [5.41, 5.74) is 1.07. The molecule has 18 heavy (non-hydrogen) atoms. The number of ether oxygens (including phenoxy) is 1. The summed E-state index contributed by atoms with van der Waals surface area (Å²) >= 11 is 0. The molecule has 0 radical (unpaired) electrons. The van der Waals surface area contributed by atoms with Gasteiger partial charge in [0.1, 0.15) is 0 Å².